The Balaban J connectivity index is 0. The minimum atomic E-state index is -2.78. The molecule has 56 valence electrons. The molecule has 0 unspecified atom stereocenters. The molecule has 9 heavy (non-hydrogen) atoms. The van der Waals surface area contributed by atoms with Gasteiger partial charge in [-0.2, -0.15) is 8.78 Å². The molecule has 0 aliphatic carbocycles. The first-order chi connectivity index (χ1) is 4.00. The van der Waals surface area contributed by atoms with Crippen molar-refractivity contribution in [3.8, 4) is 0 Å². The van der Waals surface area contributed by atoms with Crippen molar-refractivity contribution in [1.82, 2.24) is 0 Å². The number of hydrogen-bond acceptors (Lipinski definition) is 0. The van der Waals surface area contributed by atoms with Crippen molar-refractivity contribution in [2.45, 2.75) is 6.43 Å². The summed E-state index contributed by atoms with van der Waals surface area (Å²) in [5.41, 5.74) is 0. The molecule has 0 rings (SSSR count). The van der Waals surface area contributed by atoms with Crippen LogP contribution < -0.4 is 0 Å². The Bertz CT molecular complexity index is 65.4. The van der Waals surface area contributed by atoms with Gasteiger partial charge in [0.05, 0.1) is 0 Å². The average molecular weight is 148 g/mol. The fourth-order valence-corrected chi connectivity index (χ4v) is 0. The molecule has 0 aliphatic rings. The molecule has 0 N–H and O–H groups in total. The van der Waals surface area contributed by atoms with Crippen molar-refractivity contribution in [2.24, 2.45) is 0 Å². The lowest BCUT2D eigenvalue weighted by molar-refractivity contribution is 0.113. The normalized spacial score (nSPS) is 8.22. The van der Waals surface area contributed by atoms with Crippen molar-refractivity contribution >= 4 is 0 Å². The van der Waals surface area contributed by atoms with Crippen LogP contribution in [0.4, 0.5) is 22.0 Å². The summed E-state index contributed by atoms with van der Waals surface area (Å²) in [6, 6.07) is 0. The smallest absolute Gasteiger partial charge is 0.245 e. The van der Waals surface area contributed by atoms with E-state index in [0.717, 1.165) is 0 Å². The Hall–Kier alpha value is -0.610. The monoisotopic (exact) mass is 148 g/mol. The van der Waals surface area contributed by atoms with Crippen LogP contribution in [0, 0.1) is 0 Å². The van der Waals surface area contributed by atoms with Crippen molar-refractivity contribution in [3.05, 3.63) is 12.7 Å². The highest BCUT2D eigenvalue weighted by Gasteiger charge is 1.95. The highest BCUT2D eigenvalue weighted by molar-refractivity contribution is 4.57. The molecular weight excluding hydrogens is 143 g/mol. The molecule has 5 heteroatoms. The molecule has 0 saturated carbocycles. The lowest BCUT2D eigenvalue weighted by atomic mass is 10.8. The Kier molecular flexibility index (Phi) is 9.21. The van der Waals surface area contributed by atoms with Crippen LogP contribution in [0.5, 0.6) is 0 Å². The molecule has 0 bridgehead atoms. The zero-order valence-electron chi connectivity index (χ0n) is 4.38. The van der Waals surface area contributed by atoms with Gasteiger partial charge in [-0.05, 0) is 6.58 Å². The SMILES string of the molecule is C=C(F)F.FCC(F)F. The minimum Gasteiger partial charge on any atom is -0.245 e. The molecule has 0 aromatic heterocycles. The Morgan fingerprint density at radius 1 is 1.33 bits per heavy atom. The maximum Gasteiger partial charge on any atom is 0.266 e. The largest absolute Gasteiger partial charge is 0.266 e. The number of rotatable bonds is 1. The van der Waals surface area contributed by atoms with Gasteiger partial charge in [0.1, 0.15) is 0 Å². The quantitative estimate of drug-likeness (QED) is 0.501. The molecule has 0 aliphatic heterocycles. The number of halogens is 5. The standard InChI is InChI=1S/C2H3F3.C2H2F2/c3-1-2(4)5;1-2(3)4/h2H,1H2;1H2. The van der Waals surface area contributed by atoms with Gasteiger partial charge in [0.25, 0.3) is 12.5 Å². The van der Waals surface area contributed by atoms with Crippen LogP contribution in [-0.2, 0) is 0 Å². The van der Waals surface area contributed by atoms with E-state index in [-0.39, 0.29) is 0 Å². The first-order valence-electron chi connectivity index (χ1n) is 1.84. The molecule has 0 atom stereocenters. The van der Waals surface area contributed by atoms with Gasteiger partial charge in [0.15, 0.2) is 6.67 Å². The number of alkyl halides is 3. The third kappa shape index (κ3) is 111. The van der Waals surface area contributed by atoms with Gasteiger partial charge in [-0.3, -0.25) is 0 Å². The highest BCUT2D eigenvalue weighted by atomic mass is 19.3. The predicted octanol–water partition coefficient (Wildman–Crippen LogP) is 2.62. The Labute approximate surface area is 49.0 Å². The Morgan fingerprint density at radius 3 is 1.44 bits per heavy atom. The zero-order chi connectivity index (χ0) is 7.86. The van der Waals surface area contributed by atoms with Crippen LogP contribution in [0.25, 0.3) is 0 Å². The third-order valence-electron chi connectivity index (χ3n) is 0.117. The van der Waals surface area contributed by atoms with Crippen molar-refractivity contribution in [1.29, 1.82) is 0 Å². The molecule has 0 amide bonds. The maximum atomic E-state index is 10.4. The second kappa shape index (κ2) is 7.39. The van der Waals surface area contributed by atoms with Gasteiger partial charge in [-0.1, -0.05) is 0 Å². The second-order valence-electron chi connectivity index (χ2n) is 0.884. The lowest BCUT2D eigenvalue weighted by Crippen LogP contribution is -1.88. The van der Waals surface area contributed by atoms with Crippen LogP contribution in [0.3, 0.4) is 0 Å². The van der Waals surface area contributed by atoms with E-state index >= 15 is 0 Å². The van der Waals surface area contributed by atoms with E-state index in [0.29, 0.717) is 0 Å². The second-order valence-corrected chi connectivity index (χ2v) is 0.884. The summed E-state index contributed by atoms with van der Waals surface area (Å²) >= 11 is 0. The molecule has 0 aromatic carbocycles. The molecule has 0 aromatic rings. The van der Waals surface area contributed by atoms with Gasteiger partial charge in [-0.15, -0.1) is 0 Å². The first kappa shape index (κ1) is 11.2. The molecule has 0 spiro atoms. The van der Waals surface area contributed by atoms with Crippen molar-refractivity contribution in [2.75, 3.05) is 6.67 Å². The summed E-state index contributed by atoms with van der Waals surface area (Å²) in [4.78, 5) is 0. The fraction of sp³-hybridized carbons (Fsp3) is 0.500. The average Bonchev–Trinajstić information content (AvgIpc) is 1.65. The van der Waals surface area contributed by atoms with Gasteiger partial charge < -0.3 is 0 Å². The predicted molar refractivity (Wildman–Crippen MR) is 23.3 cm³/mol. The fourth-order valence-electron chi connectivity index (χ4n) is 0. The molecule has 0 heterocycles. The summed E-state index contributed by atoms with van der Waals surface area (Å²) in [5.74, 6) is 0. The van der Waals surface area contributed by atoms with E-state index in [9.17, 15) is 22.0 Å². The maximum absolute atomic E-state index is 10.4. The molecule has 0 radical (unpaired) electrons. The van der Waals surface area contributed by atoms with Gasteiger partial charge in [-0.25, -0.2) is 13.2 Å². The van der Waals surface area contributed by atoms with E-state index in [1.807, 2.05) is 0 Å². The lowest BCUT2D eigenvalue weighted by Gasteiger charge is -1.78. The van der Waals surface area contributed by atoms with E-state index in [1.165, 1.54) is 0 Å². The minimum absolute atomic E-state index is 1.53. The summed E-state index contributed by atoms with van der Waals surface area (Å²) in [6.07, 6.45) is -4.62. The number of hydrogen-bond donors (Lipinski definition) is 0. The summed E-state index contributed by atoms with van der Waals surface area (Å²) in [5, 5.41) is 0. The van der Waals surface area contributed by atoms with E-state index in [1.54, 1.807) is 0 Å². The zero-order valence-corrected chi connectivity index (χ0v) is 4.38. The van der Waals surface area contributed by atoms with Crippen LogP contribution in [0.1, 0.15) is 0 Å². The topological polar surface area (TPSA) is 0 Å². The molecular formula is C4H5F5. The van der Waals surface area contributed by atoms with E-state index in [4.69, 9.17) is 0 Å². The molecule has 0 saturated heterocycles. The van der Waals surface area contributed by atoms with Gasteiger partial charge in [0.2, 0.25) is 0 Å². The highest BCUT2D eigenvalue weighted by Crippen LogP contribution is 1.88. The van der Waals surface area contributed by atoms with Crippen LogP contribution >= 0.6 is 0 Å². The summed E-state index contributed by atoms with van der Waals surface area (Å²) in [7, 11) is 0. The van der Waals surface area contributed by atoms with Crippen LogP contribution in [0.15, 0.2) is 12.7 Å². The van der Waals surface area contributed by atoms with E-state index in [2.05, 4.69) is 6.58 Å². The summed E-state index contributed by atoms with van der Waals surface area (Å²) < 4.78 is 51.4. The molecule has 0 fully saturated rings. The van der Waals surface area contributed by atoms with Crippen LogP contribution in [0.2, 0.25) is 0 Å². The van der Waals surface area contributed by atoms with Crippen molar-refractivity contribution < 1.29 is 22.0 Å². The van der Waals surface area contributed by atoms with Gasteiger partial charge in [0, 0.05) is 0 Å². The third-order valence-corrected chi connectivity index (χ3v) is 0.117. The van der Waals surface area contributed by atoms with Gasteiger partial charge >= 0.3 is 0 Å². The summed E-state index contributed by atoms with van der Waals surface area (Å²) in [6.45, 7) is 0.694. The Morgan fingerprint density at radius 2 is 1.44 bits per heavy atom. The van der Waals surface area contributed by atoms with E-state index < -0.39 is 19.2 Å². The first-order valence-corrected chi connectivity index (χ1v) is 1.84. The van der Waals surface area contributed by atoms with Crippen molar-refractivity contribution in [3.63, 3.8) is 0 Å². The molecule has 0 nitrogen and oxygen atoms in total. The van der Waals surface area contributed by atoms with Crippen LogP contribution in [-0.4, -0.2) is 13.1 Å².